The van der Waals surface area contributed by atoms with Gasteiger partial charge in [0.2, 0.25) is 0 Å². The number of carbonyl (C=O) groups excluding carboxylic acids is 1. The number of amides is 1. The van der Waals surface area contributed by atoms with Crippen molar-refractivity contribution in [1.29, 1.82) is 0 Å². The van der Waals surface area contributed by atoms with Gasteiger partial charge in [-0.2, -0.15) is 0 Å². The van der Waals surface area contributed by atoms with Gasteiger partial charge in [-0.05, 0) is 35.7 Å². The van der Waals surface area contributed by atoms with Gasteiger partial charge in [-0.25, -0.2) is 0 Å². The lowest BCUT2D eigenvalue weighted by atomic mass is 10.0. The highest BCUT2D eigenvalue weighted by Crippen LogP contribution is 2.21. The molecular formula is C14H18N2O2. The van der Waals surface area contributed by atoms with Gasteiger partial charge in [0, 0.05) is 18.2 Å². The molecule has 0 aromatic heterocycles. The average Bonchev–Trinajstić information content (AvgIpc) is 2.98. The largest absolute Gasteiger partial charge is 0.372 e. The van der Waals surface area contributed by atoms with E-state index in [4.69, 9.17) is 4.74 Å². The van der Waals surface area contributed by atoms with Crippen molar-refractivity contribution in [3.8, 4) is 0 Å². The van der Waals surface area contributed by atoms with Gasteiger partial charge in [0.25, 0.3) is 5.91 Å². The second kappa shape index (κ2) is 4.71. The number of nitrogens with one attached hydrogen (secondary N) is 2. The van der Waals surface area contributed by atoms with Gasteiger partial charge in [0.15, 0.2) is 0 Å². The van der Waals surface area contributed by atoms with Crippen molar-refractivity contribution in [2.75, 3.05) is 13.1 Å². The Morgan fingerprint density at radius 1 is 1.33 bits per heavy atom. The number of ether oxygens (including phenoxy) is 1. The molecule has 0 bridgehead atoms. The molecule has 1 saturated heterocycles. The van der Waals surface area contributed by atoms with E-state index < -0.39 is 0 Å². The molecule has 0 spiro atoms. The summed E-state index contributed by atoms with van der Waals surface area (Å²) >= 11 is 0. The van der Waals surface area contributed by atoms with Crippen LogP contribution in [-0.4, -0.2) is 25.0 Å². The maximum atomic E-state index is 12.2. The first-order valence-electron chi connectivity index (χ1n) is 6.45. The van der Waals surface area contributed by atoms with Crippen LogP contribution in [0.3, 0.4) is 0 Å². The number of carbonyl (C=O) groups is 1. The Balaban J connectivity index is 1.72. The second-order valence-corrected chi connectivity index (χ2v) is 5.19. The van der Waals surface area contributed by atoms with Crippen molar-refractivity contribution in [2.24, 2.45) is 5.92 Å². The van der Waals surface area contributed by atoms with E-state index in [-0.39, 0.29) is 11.9 Å². The number of hydrogen-bond acceptors (Lipinski definition) is 3. The third-order valence-electron chi connectivity index (χ3n) is 3.82. The van der Waals surface area contributed by atoms with Crippen LogP contribution in [0.4, 0.5) is 0 Å². The third kappa shape index (κ3) is 2.13. The molecular weight excluding hydrogens is 228 g/mol. The van der Waals surface area contributed by atoms with Crippen LogP contribution in [0, 0.1) is 5.92 Å². The molecule has 1 aromatic rings. The minimum Gasteiger partial charge on any atom is -0.372 e. The van der Waals surface area contributed by atoms with Crippen LogP contribution in [0.5, 0.6) is 0 Å². The highest BCUT2D eigenvalue weighted by molar-refractivity contribution is 5.94. The lowest BCUT2D eigenvalue weighted by molar-refractivity contribution is 0.0932. The Hall–Kier alpha value is -1.39. The summed E-state index contributed by atoms with van der Waals surface area (Å²) in [4.78, 5) is 12.2. The van der Waals surface area contributed by atoms with Crippen LogP contribution >= 0.6 is 0 Å². The predicted molar refractivity (Wildman–Crippen MR) is 68.2 cm³/mol. The van der Waals surface area contributed by atoms with Crippen molar-refractivity contribution in [2.45, 2.75) is 26.2 Å². The molecule has 2 unspecified atom stereocenters. The van der Waals surface area contributed by atoms with Crippen molar-refractivity contribution in [1.82, 2.24) is 10.6 Å². The van der Waals surface area contributed by atoms with Crippen LogP contribution in [0.15, 0.2) is 18.2 Å². The Kier molecular flexibility index (Phi) is 3.06. The minimum atomic E-state index is 0.0188. The van der Waals surface area contributed by atoms with Crippen LogP contribution in [0.1, 0.15) is 28.4 Å². The SMILES string of the molecule is CC1CNCC1NC(=O)c1ccc2c(c1)COC2. The zero-order valence-corrected chi connectivity index (χ0v) is 10.5. The van der Waals surface area contributed by atoms with E-state index in [0.29, 0.717) is 19.1 Å². The average molecular weight is 246 g/mol. The first-order valence-corrected chi connectivity index (χ1v) is 6.45. The molecule has 0 radical (unpaired) electrons. The Morgan fingerprint density at radius 2 is 2.17 bits per heavy atom. The van der Waals surface area contributed by atoms with Crippen LogP contribution in [-0.2, 0) is 18.0 Å². The summed E-state index contributed by atoms with van der Waals surface area (Å²) in [6, 6.07) is 6.07. The maximum Gasteiger partial charge on any atom is 0.251 e. The smallest absolute Gasteiger partial charge is 0.251 e. The summed E-state index contributed by atoms with van der Waals surface area (Å²) in [5.74, 6) is 0.511. The second-order valence-electron chi connectivity index (χ2n) is 5.19. The highest BCUT2D eigenvalue weighted by atomic mass is 16.5. The van der Waals surface area contributed by atoms with E-state index in [0.717, 1.165) is 24.2 Å². The van der Waals surface area contributed by atoms with Crippen LogP contribution < -0.4 is 10.6 Å². The summed E-state index contributed by atoms with van der Waals surface area (Å²) < 4.78 is 5.36. The molecule has 2 N–H and O–H groups in total. The van der Waals surface area contributed by atoms with Crippen molar-refractivity contribution in [3.05, 3.63) is 34.9 Å². The quantitative estimate of drug-likeness (QED) is 0.820. The molecule has 3 rings (SSSR count). The third-order valence-corrected chi connectivity index (χ3v) is 3.82. The zero-order valence-electron chi connectivity index (χ0n) is 10.5. The minimum absolute atomic E-state index is 0.0188. The summed E-state index contributed by atoms with van der Waals surface area (Å²) in [7, 11) is 0. The summed E-state index contributed by atoms with van der Waals surface area (Å²) in [6.07, 6.45) is 0. The normalized spacial score (nSPS) is 26.1. The molecule has 1 amide bonds. The standard InChI is InChI=1S/C14H18N2O2/c1-9-5-15-6-13(9)16-14(17)10-2-3-11-7-18-8-12(11)4-10/h2-4,9,13,15H,5-8H2,1H3,(H,16,17). The Labute approximate surface area is 107 Å². The van der Waals surface area contributed by atoms with E-state index in [1.807, 2.05) is 18.2 Å². The molecule has 18 heavy (non-hydrogen) atoms. The fourth-order valence-corrected chi connectivity index (χ4v) is 2.57. The Morgan fingerprint density at radius 3 is 2.94 bits per heavy atom. The topological polar surface area (TPSA) is 50.4 Å². The van der Waals surface area contributed by atoms with E-state index in [1.54, 1.807) is 0 Å². The van der Waals surface area contributed by atoms with Crippen molar-refractivity contribution >= 4 is 5.91 Å². The van der Waals surface area contributed by atoms with Gasteiger partial charge in [-0.3, -0.25) is 4.79 Å². The highest BCUT2D eigenvalue weighted by Gasteiger charge is 2.25. The molecule has 0 saturated carbocycles. The summed E-state index contributed by atoms with van der Waals surface area (Å²) in [5.41, 5.74) is 3.07. The fourth-order valence-electron chi connectivity index (χ4n) is 2.57. The first-order chi connectivity index (χ1) is 8.74. The fraction of sp³-hybridized carbons (Fsp3) is 0.500. The lowest BCUT2D eigenvalue weighted by Gasteiger charge is -2.16. The van der Waals surface area contributed by atoms with E-state index in [1.165, 1.54) is 5.56 Å². The molecule has 1 fully saturated rings. The number of fused-ring (bicyclic) bond motifs is 1. The number of hydrogen-bond donors (Lipinski definition) is 2. The van der Waals surface area contributed by atoms with E-state index >= 15 is 0 Å². The zero-order chi connectivity index (χ0) is 12.5. The molecule has 4 heteroatoms. The monoisotopic (exact) mass is 246 g/mol. The molecule has 0 aliphatic carbocycles. The Bertz CT molecular complexity index is 473. The molecule has 96 valence electrons. The molecule has 2 aliphatic heterocycles. The van der Waals surface area contributed by atoms with Crippen LogP contribution in [0.2, 0.25) is 0 Å². The molecule has 2 atom stereocenters. The maximum absolute atomic E-state index is 12.2. The molecule has 4 nitrogen and oxygen atoms in total. The molecule has 1 aromatic carbocycles. The lowest BCUT2D eigenvalue weighted by Crippen LogP contribution is -2.39. The van der Waals surface area contributed by atoms with Gasteiger partial charge in [-0.1, -0.05) is 13.0 Å². The van der Waals surface area contributed by atoms with Gasteiger partial charge in [0.1, 0.15) is 0 Å². The van der Waals surface area contributed by atoms with Gasteiger partial charge in [-0.15, -0.1) is 0 Å². The van der Waals surface area contributed by atoms with E-state index in [2.05, 4.69) is 17.6 Å². The molecule has 2 aliphatic rings. The summed E-state index contributed by atoms with van der Waals surface area (Å²) in [5, 5.41) is 6.38. The van der Waals surface area contributed by atoms with Crippen molar-refractivity contribution < 1.29 is 9.53 Å². The van der Waals surface area contributed by atoms with Crippen molar-refractivity contribution in [3.63, 3.8) is 0 Å². The number of rotatable bonds is 2. The number of benzene rings is 1. The van der Waals surface area contributed by atoms with Gasteiger partial charge < -0.3 is 15.4 Å². The van der Waals surface area contributed by atoms with Crippen LogP contribution in [0.25, 0.3) is 0 Å². The predicted octanol–water partition coefficient (Wildman–Crippen LogP) is 1.05. The first kappa shape index (κ1) is 11.7. The summed E-state index contributed by atoms with van der Waals surface area (Å²) in [6.45, 7) is 5.28. The molecule has 2 heterocycles. The van der Waals surface area contributed by atoms with Gasteiger partial charge in [0.05, 0.1) is 13.2 Å². The van der Waals surface area contributed by atoms with E-state index in [9.17, 15) is 4.79 Å². The van der Waals surface area contributed by atoms with Gasteiger partial charge >= 0.3 is 0 Å².